The lowest BCUT2D eigenvalue weighted by molar-refractivity contribution is -0.384. The highest BCUT2D eigenvalue weighted by atomic mass is 35.5. The molecule has 0 radical (unpaired) electrons. The highest BCUT2D eigenvalue weighted by Crippen LogP contribution is 2.26. The molecular formula is C23H15ClN4O5S. The first-order valence-corrected chi connectivity index (χ1v) is 11.2. The molecule has 0 atom stereocenters. The lowest BCUT2D eigenvalue weighted by atomic mass is 10.0. The van der Waals surface area contributed by atoms with Crippen molar-refractivity contribution >= 4 is 46.4 Å². The number of anilines is 1. The van der Waals surface area contributed by atoms with Crippen LogP contribution in [0.3, 0.4) is 0 Å². The van der Waals surface area contributed by atoms with Crippen LogP contribution in [0.2, 0.25) is 5.02 Å². The van der Waals surface area contributed by atoms with Gasteiger partial charge >= 0.3 is 0 Å². The third-order valence-corrected chi connectivity index (χ3v) is 5.65. The second-order valence-corrected chi connectivity index (χ2v) is 8.26. The van der Waals surface area contributed by atoms with Crippen molar-refractivity contribution in [3.8, 4) is 11.5 Å². The molecule has 0 unspecified atom stereocenters. The van der Waals surface area contributed by atoms with Crippen molar-refractivity contribution in [1.29, 1.82) is 0 Å². The van der Waals surface area contributed by atoms with Crippen molar-refractivity contribution < 1.29 is 18.9 Å². The SMILES string of the molecule is O=C(CSc1nnc(-c2ccc([N+](=O)[O-])cc2)o1)Nc1ccc(Cl)cc1C(=O)c1ccccc1. The molecule has 0 spiro atoms. The number of thioether (sulfide) groups is 1. The average molecular weight is 495 g/mol. The molecule has 34 heavy (non-hydrogen) atoms. The molecule has 0 aliphatic carbocycles. The van der Waals surface area contributed by atoms with Gasteiger partial charge in [-0.15, -0.1) is 10.2 Å². The predicted molar refractivity (Wildman–Crippen MR) is 127 cm³/mol. The van der Waals surface area contributed by atoms with Crippen LogP contribution < -0.4 is 5.32 Å². The van der Waals surface area contributed by atoms with E-state index >= 15 is 0 Å². The molecule has 0 aliphatic heterocycles. The summed E-state index contributed by atoms with van der Waals surface area (Å²) in [5.74, 6) is -0.532. The molecule has 0 saturated carbocycles. The Balaban J connectivity index is 1.41. The Hall–Kier alpha value is -4.02. The summed E-state index contributed by atoms with van der Waals surface area (Å²) in [5.41, 5.74) is 1.54. The summed E-state index contributed by atoms with van der Waals surface area (Å²) >= 11 is 7.09. The maximum atomic E-state index is 12.9. The zero-order chi connectivity index (χ0) is 24.1. The third kappa shape index (κ3) is 5.48. The zero-order valence-electron chi connectivity index (χ0n) is 17.3. The number of benzene rings is 3. The zero-order valence-corrected chi connectivity index (χ0v) is 18.9. The molecule has 1 N–H and O–H groups in total. The van der Waals surface area contributed by atoms with Gasteiger partial charge in [-0.3, -0.25) is 19.7 Å². The van der Waals surface area contributed by atoms with Crippen molar-refractivity contribution in [1.82, 2.24) is 10.2 Å². The van der Waals surface area contributed by atoms with Gasteiger partial charge in [0.1, 0.15) is 0 Å². The second kappa shape index (κ2) is 10.3. The first-order chi connectivity index (χ1) is 16.4. The fourth-order valence-corrected chi connectivity index (χ4v) is 3.72. The van der Waals surface area contributed by atoms with E-state index in [4.69, 9.17) is 16.0 Å². The van der Waals surface area contributed by atoms with Crippen molar-refractivity contribution in [3.63, 3.8) is 0 Å². The monoisotopic (exact) mass is 494 g/mol. The van der Waals surface area contributed by atoms with Crippen LogP contribution in [-0.2, 0) is 4.79 Å². The molecule has 9 nitrogen and oxygen atoms in total. The van der Waals surface area contributed by atoms with Crippen molar-refractivity contribution in [2.75, 3.05) is 11.1 Å². The van der Waals surface area contributed by atoms with Crippen LogP contribution in [0.1, 0.15) is 15.9 Å². The fraction of sp³-hybridized carbons (Fsp3) is 0.0435. The summed E-state index contributed by atoms with van der Waals surface area (Å²) in [5, 5.41) is 21.8. The number of carbonyl (C=O) groups is 2. The van der Waals surface area contributed by atoms with Gasteiger partial charge in [0.05, 0.1) is 16.4 Å². The second-order valence-electron chi connectivity index (χ2n) is 6.90. The normalized spacial score (nSPS) is 10.6. The number of carbonyl (C=O) groups excluding carboxylic acids is 2. The summed E-state index contributed by atoms with van der Waals surface area (Å²) in [7, 11) is 0. The molecule has 170 valence electrons. The number of non-ortho nitro benzene ring substituents is 1. The van der Waals surface area contributed by atoms with Gasteiger partial charge in [0.15, 0.2) is 5.78 Å². The van der Waals surface area contributed by atoms with Crippen LogP contribution in [0.5, 0.6) is 0 Å². The van der Waals surface area contributed by atoms with Crippen LogP contribution in [0.25, 0.3) is 11.5 Å². The van der Waals surface area contributed by atoms with Crippen molar-refractivity contribution in [2.45, 2.75) is 5.22 Å². The predicted octanol–water partition coefficient (Wildman–Crippen LogP) is 5.26. The quantitative estimate of drug-likeness (QED) is 0.152. The maximum Gasteiger partial charge on any atom is 0.277 e. The summed E-state index contributed by atoms with van der Waals surface area (Å²) in [6.45, 7) is 0. The molecule has 3 aromatic carbocycles. The molecule has 0 bridgehead atoms. The van der Waals surface area contributed by atoms with E-state index in [9.17, 15) is 19.7 Å². The minimum absolute atomic E-state index is 0.0521. The number of nitro groups is 1. The van der Waals surface area contributed by atoms with Gasteiger partial charge in [-0.25, -0.2) is 0 Å². The van der Waals surface area contributed by atoms with E-state index in [0.29, 0.717) is 21.8 Å². The van der Waals surface area contributed by atoms with Crippen molar-refractivity contribution in [3.05, 3.63) is 99.1 Å². The highest BCUT2D eigenvalue weighted by molar-refractivity contribution is 7.99. The number of hydrogen-bond acceptors (Lipinski definition) is 8. The van der Waals surface area contributed by atoms with Gasteiger partial charge in [0.25, 0.3) is 10.9 Å². The topological polar surface area (TPSA) is 128 Å². The number of nitrogens with zero attached hydrogens (tertiary/aromatic N) is 3. The molecule has 0 saturated heterocycles. The van der Waals surface area contributed by atoms with E-state index in [1.807, 2.05) is 0 Å². The fourth-order valence-electron chi connectivity index (χ4n) is 2.98. The summed E-state index contributed by atoms with van der Waals surface area (Å²) in [4.78, 5) is 35.7. The number of aromatic nitrogens is 2. The first kappa shape index (κ1) is 23.1. The van der Waals surface area contributed by atoms with E-state index in [-0.39, 0.29) is 39.8 Å². The molecule has 1 aromatic heterocycles. The summed E-state index contributed by atoms with van der Waals surface area (Å²) in [6, 6.07) is 19.0. The Morgan fingerprint density at radius 2 is 1.76 bits per heavy atom. The number of nitrogens with one attached hydrogen (secondary N) is 1. The molecule has 11 heteroatoms. The van der Waals surface area contributed by atoms with Crippen LogP contribution in [0, 0.1) is 10.1 Å². The minimum Gasteiger partial charge on any atom is -0.411 e. The Morgan fingerprint density at radius 1 is 1.03 bits per heavy atom. The van der Waals surface area contributed by atoms with Gasteiger partial charge in [0, 0.05) is 33.8 Å². The molecule has 1 amide bonds. The van der Waals surface area contributed by atoms with Crippen LogP contribution in [0.4, 0.5) is 11.4 Å². The molecule has 4 rings (SSSR count). The standard InChI is InChI=1S/C23H15ClN4O5S/c24-16-8-11-19(18(12-16)21(30)14-4-2-1-3-5-14)25-20(29)13-34-23-27-26-22(33-23)15-6-9-17(10-7-15)28(31)32/h1-12H,13H2,(H,25,29). The Bertz CT molecular complexity index is 1360. The number of hydrogen-bond donors (Lipinski definition) is 1. The lowest BCUT2D eigenvalue weighted by Crippen LogP contribution is -2.17. The maximum absolute atomic E-state index is 12.9. The van der Waals surface area contributed by atoms with E-state index < -0.39 is 4.92 Å². The molecule has 1 heterocycles. The van der Waals surface area contributed by atoms with Gasteiger partial charge < -0.3 is 9.73 Å². The molecular weight excluding hydrogens is 480 g/mol. The van der Waals surface area contributed by atoms with Crippen LogP contribution >= 0.6 is 23.4 Å². The molecule has 0 fully saturated rings. The lowest BCUT2D eigenvalue weighted by Gasteiger charge is -2.11. The van der Waals surface area contributed by atoms with E-state index in [2.05, 4.69) is 15.5 Å². The number of halogens is 1. The highest BCUT2D eigenvalue weighted by Gasteiger charge is 2.17. The van der Waals surface area contributed by atoms with Crippen molar-refractivity contribution in [2.24, 2.45) is 0 Å². The largest absolute Gasteiger partial charge is 0.411 e. The van der Waals surface area contributed by atoms with E-state index in [1.165, 1.54) is 30.3 Å². The van der Waals surface area contributed by atoms with E-state index in [0.717, 1.165) is 11.8 Å². The van der Waals surface area contributed by atoms with Gasteiger partial charge in [-0.05, 0) is 30.3 Å². The Kier molecular flexibility index (Phi) is 7.00. The summed E-state index contributed by atoms with van der Waals surface area (Å²) in [6.07, 6.45) is 0. The Labute approximate surface area is 202 Å². The van der Waals surface area contributed by atoms with Gasteiger partial charge in [-0.1, -0.05) is 53.7 Å². The number of nitro benzene ring substituents is 1. The smallest absolute Gasteiger partial charge is 0.277 e. The van der Waals surface area contributed by atoms with Crippen LogP contribution in [0.15, 0.2) is 82.4 Å². The number of amides is 1. The summed E-state index contributed by atoms with van der Waals surface area (Å²) < 4.78 is 5.53. The van der Waals surface area contributed by atoms with E-state index in [1.54, 1.807) is 42.5 Å². The van der Waals surface area contributed by atoms with Gasteiger partial charge in [0.2, 0.25) is 11.8 Å². The Morgan fingerprint density at radius 3 is 2.47 bits per heavy atom. The third-order valence-electron chi connectivity index (χ3n) is 4.59. The minimum atomic E-state index is -0.503. The first-order valence-electron chi connectivity index (χ1n) is 9.81. The van der Waals surface area contributed by atoms with Gasteiger partial charge in [-0.2, -0.15) is 0 Å². The average Bonchev–Trinajstić information content (AvgIpc) is 3.33. The number of ketones is 1. The molecule has 0 aliphatic rings. The van der Waals surface area contributed by atoms with Crippen LogP contribution in [-0.4, -0.2) is 32.6 Å². The molecule has 4 aromatic rings. The number of rotatable bonds is 8.